The summed E-state index contributed by atoms with van der Waals surface area (Å²) in [4.78, 5) is 11.7. The summed E-state index contributed by atoms with van der Waals surface area (Å²) in [7, 11) is 1.65. The Morgan fingerprint density at radius 2 is 2.00 bits per heavy atom. The van der Waals surface area contributed by atoms with E-state index in [9.17, 15) is 4.79 Å². The summed E-state index contributed by atoms with van der Waals surface area (Å²) >= 11 is 0. The van der Waals surface area contributed by atoms with Gasteiger partial charge in [0.15, 0.2) is 0 Å². The van der Waals surface area contributed by atoms with Crippen LogP contribution in [0.1, 0.15) is 20.3 Å². The third-order valence-corrected chi connectivity index (χ3v) is 3.11. The van der Waals surface area contributed by atoms with Crippen molar-refractivity contribution in [3.05, 3.63) is 40.9 Å². The van der Waals surface area contributed by atoms with E-state index < -0.39 is 5.76 Å². The molecule has 0 saturated carbocycles. The molecule has 0 N–H and O–H groups in total. The molecule has 0 aliphatic heterocycles. The molecule has 2 aromatic rings. The molecule has 1 heterocycles. The quantitative estimate of drug-likeness (QED) is 0.829. The van der Waals surface area contributed by atoms with Crippen LogP contribution in [0, 0.1) is 0 Å². The molecule has 0 unspecified atom stereocenters. The smallest absolute Gasteiger partial charge is 0.388 e. The fourth-order valence-corrected chi connectivity index (χ4v) is 1.62. The second-order valence-corrected chi connectivity index (χ2v) is 4.98. The molecule has 0 spiro atoms. The van der Waals surface area contributed by atoms with Gasteiger partial charge < -0.3 is 9.15 Å². The van der Waals surface area contributed by atoms with Gasteiger partial charge in [0.2, 0.25) is 5.89 Å². The Kier molecular flexibility index (Phi) is 3.85. The lowest BCUT2D eigenvalue weighted by Gasteiger charge is -2.21. The van der Waals surface area contributed by atoms with E-state index in [2.05, 4.69) is 5.10 Å². The van der Waals surface area contributed by atoms with Crippen molar-refractivity contribution in [1.82, 2.24) is 9.78 Å². The average molecular weight is 262 g/mol. The molecule has 0 aliphatic carbocycles. The molecule has 1 aromatic heterocycles. The maximum Gasteiger partial charge on any atom is 0.437 e. The fraction of sp³-hybridized carbons (Fsp3) is 0.429. The normalized spacial score (nSPS) is 11.7. The van der Waals surface area contributed by atoms with Crippen LogP contribution in [0.25, 0.3) is 11.5 Å². The number of ether oxygens (including phenoxy) is 1. The van der Waals surface area contributed by atoms with E-state index in [1.54, 1.807) is 7.11 Å². The van der Waals surface area contributed by atoms with E-state index in [0.717, 1.165) is 5.56 Å². The number of aromatic nitrogens is 2. The van der Waals surface area contributed by atoms with E-state index in [0.29, 0.717) is 18.9 Å². The minimum atomic E-state index is -0.439. The van der Waals surface area contributed by atoms with Gasteiger partial charge in [-0.15, -0.1) is 5.10 Å². The molecule has 5 nitrogen and oxygen atoms in total. The number of methoxy groups -OCH3 is 1. The van der Waals surface area contributed by atoms with E-state index >= 15 is 0 Å². The van der Waals surface area contributed by atoms with Gasteiger partial charge >= 0.3 is 5.76 Å². The minimum Gasteiger partial charge on any atom is -0.388 e. The van der Waals surface area contributed by atoms with Gasteiger partial charge in [0, 0.05) is 12.7 Å². The monoisotopic (exact) mass is 262 g/mol. The Bertz CT molecular complexity index is 584. The van der Waals surface area contributed by atoms with Crippen molar-refractivity contribution in [3.63, 3.8) is 0 Å². The SMILES string of the molecule is COC(C)(C)CCn1nc(-c2ccccc2)oc1=O. The van der Waals surface area contributed by atoms with Crippen LogP contribution in [0.5, 0.6) is 0 Å². The molecular formula is C14H18N2O3. The van der Waals surface area contributed by atoms with Crippen LogP contribution in [0.4, 0.5) is 0 Å². The van der Waals surface area contributed by atoms with Crippen LogP contribution in [-0.4, -0.2) is 22.5 Å². The highest BCUT2D eigenvalue weighted by Gasteiger charge is 2.18. The van der Waals surface area contributed by atoms with Crippen molar-refractivity contribution >= 4 is 0 Å². The van der Waals surface area contributed by atoms with Crippen LogP contribution < -0.4 is 5.76 Å². The Morgan fingerprint density at radius 3 is 2.63 bits per heavy atom. The highest BCUT2D eigenvalue weighted by molar-refractivity contribution is 5.51. The Balaban J connectivity index is 2.16. The predicted octanol–water partition coefficient (Wildman–Crippen LogP) is 2.32. The summed E-state index contributed by atoms with van der Waals surface area (Å²) in [5.74, 6) is -0.0911. The molecule has 0 atom stereocenters. The lowest BCUT2D eigenvalue weighted by molar-refractivity contribution is 0.0109. The number of hydrogen-bond donors (Lipinski definition) is 0. The molecule has 1 aromatic carbocycles. The first kappa shape index (κ1) is 13.5. The number of hydrogen-bond acceptors (Lipinski definition) is 4. The third-order valence-electron chi connectivity index (χ3n) is 3.11. The molecule has 102 valence electrons. The Labute approximate surface area is 111 Å². The second kappa shape index (κ2) is 5.40. The van der Waals surface area contributed by atoms with Crippen molar-refractivity contribution in [2.75, 3.05) is 7.11 Å². The molecular weight excluding hydrogens is 244 g/mol. The van der Waals surface area contributed by atoms with Crippen molar-refractivity contribution in [2.45, 2.75) is 32.4 Å². The van der Waals surface area contributed by atoms with E-state index in [1.807, 2.05) is 44.2 Å². The fourth-order valence-electron chi connectivity index (χ4n) is 1.62. The first-order valence-corrected chi connectivity index (χ1v) is 6.20. The number of nitrogens with zero attached hydrogens (tertiary/aromatic N) is 2. The van der Waals surface area contributed by atoms with E-state index in [4.69, 9.17) is 9.15 Å². The molecule has 0 radical (unpaired) electrons. The molecule has 2 rings (SSSR count). The summed E-state index contributed by atoms with van der Waals surface area (Å²) in [5.41, 5.74) is 0.509. The van der Waals surface area contributed by atoms with Crippen LogP contribution in [0.3, 0.4) is 0 Å². The van der Waals surface area contributed by atoms with Gasteiger partial charge in [-0.25, -0.2) is 4.79 Å². The minimum absolute atomic E-state index is 0.286. The second-order valence-electron chi connectivity index (χ2n) is 4.98. The topological polar surface area (TPSA) is 57.3 Å². The molecule has 19 heavy (non-hydrogen) atoms. The summed E-state index contributed by atoms with van der Waals surface area (Å²) < 4.78 is 11.8. The zero-order chi connectivity index (χ0) is 13.9. The molecule has 0 bridgehead atoms. The maximum atomic E-state index is 11.7. The van der Waals surface area contributed by atoms with Crippen LogP contribution in [0.2, 0.25) is 0 Å². The van der Waals surface area contributed by atoms with Crippen molar-refractivity contribution < 1.29 is 9.15 Å². The van der Waals surface area contributed by atoms with Crippen LogP contribution in [0.15, 0.2) is 39.5 Å². The summed E-state index contributed by atoms with van der Waals surface area (Å²) in [6.07, 6.45) is 0.685. The van der Waals surface area contributed by atoms with Gasteiger partial charge in [-0.05, 0) is 32.4 Å². The van der Waals surface area contributed by atoms with Crippen LogP contribution >= 0.6 is 0 Å². The average Bonchev–Trinajstić information content (AvgIpc) is 2.79. The summed E-state index contributed by atoms with van der Waals surface area (Å²) in [6.45, 7) is 4.41. The Morgan fingerprint density at radius 1 is 1.32 bits per heavy atom. The van der Waals surface area contributed by atoms with Gasteiger partial charge in [-0.2, -0.15) is 4.68 Å². The van der Waals surface area contributed by atoms with E-state index in [1.165, 1.54) is 4.68 Å². The first-order valence-electron chi connectivity index (χ1n) is 6.20. The summed E-state index contributed by atoms with van der Waals surface area (Å²) in [6, 6.07) is 9.37. The van der Waals surface area contributed by atoms with Gasteiger partial charge in [0.05, 0.1) is 12.1 Å². The van der Waals surface area contributed by atoms with Crippen molar-refractivity contribution in [2.24, 2.45) is 0 Å². The number of aryl methyl sites for hydroxylation is 1. The third kappa shape index (κ3) is 3.32. The zero-order valence-electron chi connectivity index (χ0n) is 11.4. The summed E-state index contributed by atoms with van der Waals surface area (Å²) in [5, 5.41) is 4.20. The largest absolute Gasteiger partial charge is 0.437 e. The standard InChI is InChI=1S/C14H18N2O3/c1-14(2,18-3)9-10-16-13(17)19-12(15-16)11-7-5-4-6-8-11/h4-8H,9-10H2,1-3H3. The van der Waals surface area contributed by atoms with Crippen molar-refractivity contribution in [3.8, 4) is 11.5 Å². The number of rotatable bonds is 5. The molecule has 0 saturated heterocycles. The van der Waals surface area contributed by atoms with Crippen molar-refractivity contribution in [1.29, 1.82) is 0 Å². The van der Waals surface area contributed by atoms with Crippen LogP contribution in [-0.2, 0) is 11.3 Å². The van der Waals surface area contributed by atoms with E-state index in [-0.39, 0.29) is 5.60 Å². The molecule has 5 heteroatoms. The molecule has 0 aliphatic rings. The van der Waals surface area contributed by atoms with Gasteiger partial charge in [-0.1, -0.05) is 18.2 Å². The highest BCUT2D eigenvalue weighted by Crippen LogP contribution is 2.16. The molecule has 0 fully saturated rings. The predicted molar refractivity (Wildman–Crippen MR) is 71.9 cm³/mol. The van der Waals surface area contributed by atoms with Gasteiger partial charge in [0.25, 0.3) is 0 Å². The van der Waals surface area contributed by atoms with Gasteiger partial charge in [-0.3, -0.25) is 0 Å². The maximum absolute atomic E-state index is 11.7. The first-order chi connectivity index (χ1) is 9.02. The molecule has 0 amide bonds. The lowest BCUT2D eigenvalue weighted by atomic mass is 10.1. The highest BCUT2D eigenvalue weighted by atomic mass is 16.5. The van der Waals surface area contributed by atoms with Gasteiger partial charge in [0.1, 0.15) is 0 Å². The lowest BCUT2D eigenvalue weighted by Crippen LogP contribution is -2.27. The Hall–Kier alpha value is -1.88. The zero-order valence-corrected chi connectivity index (χ0v) is 11.4. The number of benzene rings is 1.